The van der Waals surface area contributed by atoms with Gasteiger partial charge in [0.1, 0.15) is 0 Å². The third-order valence-corrected chi connectivity index (χ3v) is 9.56. The first-order valence-electron chi connectivity index (χ1n) is 11.3. The summed E-state index contributed by atoms with van der Waals surface area (Å²) in [7, 11) is 0. The summed E-state index contributed by atoms with van der Waals surface area (Å²) < 4.78 is 7.05. The summed E-state index contributed by atoms with van der Waals surface area (Å²) in [6, 6.07) is 1.34. The Morgan fingerprint density at radius 1 is 1.08 bits per heavy atom. The van der Waals surface area contributed by atoms with Crippen molar-refractivity contribution in [2.45, 2.75) is 77.2 Å². The van der Waals surface area contributed by atoms with Crippen LogP contribution in [0.4, 0.5) is 0 Å². The van der Waals surface area contributed by atoms with E-state index in [9.17, 15) is 0 Å². The normalized spacial score (nSPS) is 60.3. The van der Waals surface area contributed by atoms with E-state index in [2.05, 4.69) is 50.0 Å². The van der Waals surface area contributed by atoms with Crippen LogP contribution in [0.5, 0.6) is 0 Å². The first-order valence-corrected chi connectivity index (χ1v) is 11.3. The molecule has 0 bridgehead atoms. The van der Waals surface area contributed by atoms with Gasteiger partial charge in [0.15, 0.2) is 0 Å². The zero-order valence-corrected chi connectivity index (χ0v) is 16.7. The highest BCUT2D eigenvalue weighted by molar-refractivity contribution is 5.27. The summed E-state index contributed by atoms with van der Waals surface area (Å²) in [6.07, 6.45) is 17.8. The molecule has 0 radical (unpaired) electrons. The van der Waals surface area contributed by atoms with Crippen LogP contribution in [-0.2, 0) is 4.74 Å². The van der Waals surface area contributed by atoms with E-state index >= 15 is 0 Å². The SMILES string of the molecule is CC1CCC2(C)C(C1)OC1C3C(CC(C)C12)C1C=CC1N1CCC=CC31. The van der Waals surface area contributed by atoms with Gasteiger partial charge in [-0.15, -0.1) is 0 Å². The molecule has 2 saturated carbocycles. The van der Waals surface area contributed by atoms with Crippen LogP contribution in [0, 0.1) is 40.9 Å². The summed E-state index contributed by atoms with van der Waals surface area (Å²) >= 11 is 0. The minimum absolute atomic E-state index is 0.428. The van der Waals surface area contributed by atoms with Gasteiger partial charge in [-0.2, -0.15) is 0 Å². The quantitative estimate of drug-likeness (QED) is 0.587. The van der Waals surface area contributed by atoms with E-state index in [4.69, 9.17) is 4.74 Å². The molecule has 6 aliphatic rings. The van der Waals surface area contributed by atoms with Gasteiger partial charge in [0.2, 0.25) is 0 Å². The fraction of sp³-hybridized carbons (Fsp3) is 0.833. The van der Waals surface area contributed by atoms with E-state index in [1.807, 2.05) is 0 Å². The van der Waals surface area contributed by atoms with Gasteiger partial charge in [0, 0.05) is 24.5 Å². The lowest BCUT2D eigenvalue weighted by molar-refractivity contribution is -0.126. The summed E-state index contributed by atoms with van der Waals surface area (Å²) in [5.74, 6) is 4.79. The second kappa shape index (κ2) is 5.47. The minimum Gasteiger partial charge on any atom is -0.374 e. The van der Waals surface area contributed by atoms with Crippen molar-refractivity contribution in [1.82, 2.24) is 4.90 Å². The van der Waals surface area contributed by atoms with Crippen molar-refractivity contribution in [3.8, 4) is 0 Å². The molecule has 2 nitrogen and oxygen atoms in total. The monoisotopic (exact) mass is 353 g/mol. The lowest BCUT2D eigenvalue weighted by Crippen LogP contribution is -2.66. The van der Waals surface area contributed by atoms with Gasteiger partial charge < -0.3 is 4.74 Å². The third-order valence-electron chi connectivity index (χ3n) is 9.56. The molecule has 2 heteroatoms. The Balaban J connectivity index is 1.41. The second-order valence-electron chi connectivity index (χ2n) is 10.9. The maximum Gasteiger partial charge on any atom is 0.0665 e. The van der Waals surface area contributed by atoms with Gasteiger partial charge in [-0.05, 0) is 67.1 Å². The van der Waals surface area contributed by atoms with E-state index in [0.29, 0.717) is 29.7 Å². The summed E-state index contributed by atoms with van der Waals surface area (Å²) in [5, 5.41) is 0. The van der Waals surface area contributed by atoms with E-state index < -0.39 is 0 Å². The number of fused-ring (bicyclic) bond motifs is 10. The fourth-order valence-corrected chi connectivity index (χ4v) is 8.34. The van der Waals surface area contributed by atoms with Crippen molar-refractivity contribution in [2.24, 2.45) is 40.9 Å². The average molecular weight is 354 g/mol. The Labute approximate surface area is 159 Å². The molecule has 11 atom stereocenters. The number of hydrogen-bond acceptors (Lipinski definition) is 2. The van der Waals surface area contributed by atoms with Gasteiger partial charge >= 0.3 is 0 Å². The summed E-state index contributed by atoms with van der Waals surface area (Å²) in [6.45, 7) is 8.84. The van der Waals surface area contributed by atoms with Crippen LogP contribution in [-0.4, -0.2) is 35.7 Å². The highest BCUT2D eigenvalue weighted by atomic mass is 16.5. The number of ether oxygens (including phenoxy) is 1. The van der Waals surface area contributed by atoms with E-state index in [-0.39, 0.29) is 0 Å². The molecular formula is C24H35NO. The molecule has 26 heavy (non-hydrogen) atoms. The van der Waals surface area contributed by atoms with E-state index in [1.54, 1.807) is 0 Å². The maximum atomic E-state index is 7.05. The Bertz CT molecular complexity index is 655. The molecule has 0 aromatic carbocycles. The molecule has 3 aliphatic heterocycles. The molecule has 0 amide bonds. The van der Waals surface area contributed by atoms with Crippen LogP contribution in [0.25, 0.3) is 0 Å². The standard InChI is InChI=1S/C24H35NO/c1-14-9-10-24(3)20(12-14)26-23-21-17(13-15(2)22(23)24)16-7-8-18(16)25-11-5-4-6-19(21)25/h4,6-8,14-23H,5,9-13H2,1-3H3. The molecule has 142 valence electrons. The molecule has 3 aliphatic carbocycles. The third kappa shape index (κ3) is 1.96. The molecule has 0 aromatic rings. The number of rotatable bonds is 0. The molecule has 2 saturated heterocycles. The first kappa shape index (κ1) is 16.4. The van der Waals surface area contributed by atoms with Crippen LogP contribution in [0.15, 0.2) is 24.3 Å². The Morgan fingerprint density at radius 3 is 2.77 bits per heavy atom. The predicted octanol–water partition coefficient (Wildman–Crippen LogP) is 4.67. The van der Waals surface area contributed by atoms with Crippen LogP contribution in [0.2, 0.25) is 0 Å². The summed E-state index contributed by atoms with van der Waals surface area (Å²) in [4.78, 5) is 2.83. The molecule has 0 spiro atoms. The zero-order chi connectivity index (χ0) is 17.6. The smallest absolute Gasteiger partial charge is 0.0665 e. The van der Waals surface area contributed by atoms with Gasteiger partial charge in [0.25, 0.3) is 0 Å². The maximum absolute atomic E-state index is 7.05. The lowest BCUT2D eigenvalue weighted by Gasteiger charge is -2.61. The van der Waals surface area contributed by atoms with Crippen molar-refractivity contribution in [3.05, 3.63) is 24.3 Å². The highest BCUT2D eigenvalue weighted by Gasteiger charge is 2.65. The van der Waals surface area contributed by atoms with E-state index in [1.165, 1.54) is 38.6 Å². The number of hydrogen-bond donors (Lipinski definition) is 0. The fourth-order valence-electron chi connectivity index (χ4n) is 8.34. The van der Waals surface area contributed by atoms with Crippen LogP contribution < -0.4 is 0 Å². The van der Waals surface area contributed by atoms with Crippen molar-refractivity contribution in [3.63, 3.8) is 0 Å². The second-order valence-corrected chi connectivity index (χ2v) is 10.9. The van der Waals surface area contributed by atoms with Crippen molar-refractivity contribution < 1.29 is 4.74 Å². The average Bonchev–Trinajstić information content (AvgIpc) is 2.88. The Hall–Kier alpha value is -0.600. The van der Waals surface area contributed by atoms with Crippen molar-refractivity contribution in [1.29, 1.82) is 0 Å². The topological polar surface area (TPSA) is 12.5 Å². The van der Waals surface area contributed by atoms with Crippen LogP contribution in [0.3, 0.4) is 0 Å². The lowest BCUT2D eigenvalue weighted by atomic mass is 9.50. The van der Waals surface area contributed by atoms with Crippen molar-refractivity contribution >= 4 is 0 Å². The summed E-state index contributed by atoms with van der Waals surface area (Å²) in [5.41, 5.74) is 0.428. The van der Waals surface area contributed by atoms with Gasteiger partial charge in [-0.3, -0.25) is 4.90 Å². The molecule has 0 aromatic heterocycles. The zero-order valence-electron chi connectivity index (χ0n) is 16.7. The largest absolute Gasteiger partial charge is 0.374 e. The molecule has 4 fully saturated rings. The minimum atomic E-state index is 0.428. The molecule has 3 heterocycles. The van der Waals surface area contributed by atoms with Crippen LogP contribution >= 0.6 is 0 Å². The predicted molar refractivity (Wildman–Crippen MR) is 105 cm³/mol. The van der Waals surface area contributed by atoms with Crippen LogP contribution in [0.1, 0.15) is 52.9 Å². The molecular weight excluding hydrogens is 318 g/mol. The van der Waals surface area contributed by atoms with Gasteiger partial charge in [-0.1, -0.05) is 45.1 Å². The number of nitrogens with zero attached hydrogens (tertiary/aromatic N) is 1. The van der Waals surface area contributed by atoms with Gasteiger partial charge in [-0.25, -0.2) is 0 Å². The van der Waals surface area contributed by atoms with Gasteiger partial charge in [0.05, 0.1) is 12.2 Å². The first-order chi connectivity index (χ1) is 12.6. The number of piperidine rings is 1. The molecule has 6 rings (SSSR count). The van der Waals surface area contributed by atoms with Crippen molar-refractivity contribution in [2.75, 3.05) is 6.54 Å². The Morgan fingerprint density at radius 2 is 1.96 bits per heavy atom. The molecule has 0 N–H and O–H groups in total. The molecule has 11 unspecified atom stereocenters. The van der Waals surface area contributed by atoms with E-state index in [0.717, 1.165) is 35.5 Å². The Kier molecular flexibility index (Phi) is 3.45. The highest BCUT2D eigenvalue weighted by Crippen LogP contribution is 2.63.